The third-order valence-corrected chi connectivity index (χ3v) is 4.08. The second kappa shape index (κ2) is 4.71. The number of alkyl halides is 3. The molecule has 0 saturated carbocycles. The number of ether oxygens (including phenoxy) is 1. The molecule has 1 aromatic rings. The van der Waals surface area contributed by atoms with E-state index in [1.807, 2.05) is 0 Å². The number of anilines is 1. The number of nitrogens with one attached hydrogen (secondary N) is 1. The molecule has 2 atom stereocenters. The predicted octanol–water partition coefficient (Wildman–Crippen LogP) is 3.64. The molecule has 1 saturated heterocycles. The molecule has 1 N–H and O–H groups in total. The molecule has 0 radical (unpaired) electrons. The number of hydrogen-bond acceptors (Lipinski definition) is 2. The van der Waals surface area contributed by atoms with Crippen molar-refractivity contribution in [3.05, 3.63) is 29.3 Å². The third-order valence-electron chi connectivity index (χ3n) is 4.08. The van der Waals surface area contributed by atoms with E-state index < -0.39 is 11.7 Å². The van der Waals surface area contributed by atoms with E-state index in [0.717, 1.165) is 38.2 Å². The summed E-state index contributed by atoms with van der Waals surface area (Å²) in [5.41, 5.74) is 1.06. The van der Waals surface area contributed by atoms with Crippen LogP contribution in [0, 0.1) is 5.92 Å². The lowest BCUT2D eigenvalue weighted by Crippen LogP contribution is -2.23. The largest absolute Gasteiger partial charge is 0.416 e. The molecule has 0 bridgehead atoms. The van der Waals surface area contributed by atoms with Gasteiger partial charge in [0.2, 0.25) is 0 Å². The molecule has 0 aliphatic carbocycles. The molecule has 2 aliphatic rings. The van der Waals surface area contributed by atoms with Gasteiger partial charge in [0.25, 0.3) is 0 Å². The van der Waals surface area contributed by atoms with Crippen molar-refractivity contribution >= 4 is 5.69 Å². The zero-order chi connectivity index (χ0) is 13.5. The Morgan fingerprint density at radius 2 is 2.05 bits per heavy atom. The van der Waals surface area contributed by atoms with Gasteiger partial charge in [-0.2, -0.15) is 13.2 Å². The van der Waals surface area contributed by atoms with Crippen LogP contribution in [0.1, 0.15) is 29.9 Å². The Hall–Kier alpha value is -1.23. The van der Waals surface area contributed by atoms with Gasteiger partial charge in [-0.15, -0.1) is 0 Å². The molecule has 104 valence electrons. The summed E-state index contributed by atoms with van der Waals surface area (Å²) >= 11 is 0. The van der Waals surface area contributed by atoms with Crippen molar-refractivity contribution in [3.63, 3.8) is 0 Å². The molecule has 2 nitrogen and oxygen atoms in total. The highest BCUT2D eigenvalue weighted by Gasteiger charge is 2.34. The van der Waals surface area contributed by atoms with Gasteiger partial charge in [-0.05, 0) is 42.4 Å². The van der Waals surface area contributed by atoms with Crippen LogP contribution in [-0.4, -0.2) is 19.8 Å². The fourth-order valence-electron chi connectivity index (χ4n) is 3.09. The maximum Gasteiger partial charge on any atom is 0.416 e. The number of rotatable bonds is 1. The highest BCUT2D eigenvalue weighted by atomic mass is 19.4. The van der Waals surface area contributed by atoms with Crippen LogP contribution in [0.2, 0.25) is 0 Å². The van der Waals surface area contributed by atoms with Gasteiger partial charge in [-0.3, -0.25) is 0 Å². The summed E-state index contributed by atoms with van der Waals surface area (Å²) < 4.78 is 43.5. The first kappa shape index (κ1) is 12.8. The Bertz CT molecular complexity index is 466. The summed E-state index contributed by atoms with van der Waals surface area (Å²) in [5.74, 6) is 0.763. The minimum atomic E-state index is -4.28. The Labute approximate surface area is 109 Å². The van der Waals surface area contributed by atoms with Gasteiger partial charge in [-0.1, -0.05) is 6.07 Å². The molecule has 1 fully saturated rings. The van der Waals surface area contributed by atoms with Crippen molar-refractivity contribution in [1.82, 2.24) is 0 Å². The van der Waals surface area contributed by atoms with Crippen LogP contribution in [0.4, 0.5) is 18.9 Å². The predicted molar refractivity (Wildman–Crippen MR) is 66.2 cm³/mol. The molecule has 2 unspecified atom stereocenters. The van der Waals surface area contributed by atoms with E-state index in [-0.39, 0.29) is 0 Å². The number of hydrogen-bond donors (Lipinski definition) is 1. The SMILES string of the molecule is FC(F)(F)c1ccc2c(c1)NCCC2C1CCOC1. The highest BCUT2D eigenvalue weighted by Crippen LogP contribution is 2.42. The quantitative estimate of drug-likeness (QED) is 0.842. The van der Waals surface area contributed by atoms with Crippen molar-refractivity contribution in [2.24, 2.45) is 5.92 Å². The van der Waals surface area contributed by atoms with Crippen LogP contribution in [-0.2, 0) is 10.9 Å². The average Bonchev–Trinajstić information content (AvgIpc) is 2.90. The molecule has 5 heteroatoms. The van der Waals surface area contributed by atoms with Crippen LogP contribution in [0.15, 0.2) is 18.2 Å². The lowest BCUT2D eigenvalue weighted by atomic mass is 9.80. The van der Waals surface area contributed by atoms with Crippen LogP contribution in [0.5, 0.6) is 0 Å². The molecule has 3 rings (SSSR count). The minimum Gasteiger partial charge on any atom is -0.385 e. The van der Waals surface area contributed by atoms with Gasteiger partial charge >= 0.3 is 6.18 Å². The van der Waals surface area contributed by atoms with E-state index in [1.54, 1.807) is 6.07 Å². The Morgan fingerprint density at radius 1 is 1.21 bits per heavy atom. The maximum absolute atomic E-state index is 12.7. The third kappa shape index (κ3) is 2.43. The van der Waals surface area contributed by atoms with E-state index in [4.69, 9.17) is 4.74 Å². The molecular formula is C14H16F3NO. The van der Waals surface area contributed by atoms with Crippen molar-refractivity contribution < 1.29 is 17.9 Å². The topological polar surface area (TPSA) is 21.3 Å². The van der Waals surface area contributed by atoms with Gasteiger partial charge in [0.15, 0.2) is 0 Å². The van der Waals surface area contributed by atoms with E-state index in [2.05, 4.69) is 5.32 Å². The van der Waals surface area contributed by atoms with E-state index in [9.17, 15) is 13.2 Å². The van der Waals surface area contributed by atoms with Crippen LogP contribution >= 0.6 is 0 Å². The number of benzene rings is 1. The number of halogens is 3. The second-order valence-electron chi connectivity index (χ2n) is 5.25. The first-order valence-corrected chi connectivity index (χ1v) is 6.58. The summed E-state index contributed by atoms with van der Waals surface area (Å²) in [4.78, 5) is 0. The molecule has 0 spiro atoms. The first-order chi connectivity index (χ1) is 9.05. The fraction of sp³-hybridized carbons (Fsp3) is 0.571. The average molecular weight is 271 g/mol. The first-order valence-electron chi connectivity index (χ1n) is 6.58. The van der Waals surface area contributed by atoms with Crippen molar-refractivity contribution in [2.75, 3.05) is 25.1 Å². The zero-order valence-corrected chi connectivity index (χ0v) is 10.5. The molecule has 1 aromatic carbocycles. The molecule has 19 heavy (non-hydrogen) atoms. The summed E-state index contributed by atoms with van der Waals surface area (Å²) in [5, 5.41) is 3.09. The molecular weight excluding hydrogens is 255 g/mol. The van der Waals surface area contributed by atoms with Crippen LogP contribution in [0.25, 0.3) is 0 Å². The lowest BCUT2D eigenvalue weighted by molar-refractivity contribution is -0.137. The maximum atomic E-state index is 12.7. The summed E-state index contributed by atoms with van der Waals surface area (Å²) in [7, 11) is 0. The van der Waals surface area contributed by atoms with Crippen LogP contribution < -0.4 is 5.32 Å². The molecule has 0 amide bonds. The Kier molecular flexibility index (Phi) is 3.17. The smallest absolute Gasteiger partial charge is 0.385 e. The monoisotopic (exact) mass is 271 g/mol. The summed E-state index contributed by atoms with van der Waals surface area (Å²) in [6.45, 7) is 2.23. The van der Waals surface area contributed by atoms with Gasteiger partial charge in [0.1, 0.15) is 0 Å². The highest BCUT2D eigenvalue weighted by molar-refractivity contribution is 5.57. The van der Waals surface area contributed by atoms with Crippen molar-refractivity contribution in [3.8, 4) is 0 Å². The Morgan fingerprint density at radius 3 is 2.74 bits per heavy atom. The molecule has 0 aromatic heterocycles. The van der Waals surface area contributed by atoms with E-state index in [0.29, 0.717) is 17.5 Å². The number of fused-ring (bicyclic) bond motifs is 1. The van der Waals surface area contributed by atoms with Gasteiger partial charge in [0.05, 0.1) is 12.2 Å². The van der Waals surface area contributed by atoms with Gasteiger partial charge in [-0.25, -0.2) is 0 Å². The summed E-state index contributed by atoms with van der Waals surface area (Å²) in [6.07, 6.45) is -2.31. The zero-order valence-electron chi connectivity index (χ0n) is 10.5. The van der Waals surface area contributed by atoms with Gasteiger partial charge in [0, 0.05) is 18.8 Å². The Balaban J connectivity index is 1.92. The molecule has 2 heterocycles. The van der Waals surface area contributed by atoms with Crippen molar-refractivity contribution in [2.45, 2.75) is 24.9 Å². The van der Waals surface area contributed by atoms with Crippen LogP contribution in [0.3, 0.4) is 0 Å². The van der Waals surface area contributed by atoms with E-state index >= 15 is 0 Å². The fourth-order valence-corrected chi connectivity index (χ4v) is 3.09. The standard InChI is InChI=1S/C14H16F3NO/c15-14(16,17)10-1-2-12-11(9-4-6-19-8-9)3-5-18-13(12)7-10/h1-2,7,9,11,18H,3-6,8H2. The molecule has 2 aliphatic heterocycles. The van der Waals surface area contributed by atoms with Crippen molar-refractivity contribution in [1.29, 1.82) is 0 Å². The minimum absolute atomic E-state index is 0.320. The van der Waals surface area contributed by atoms with Gasteiger partial charge < -0.3 is 10.1 Å². The van der Waals surface area contributed by atoms with E-state index in [1.165, 1.54) is 12.1 Å². The lowest BCUT2D eigenvalue weighted by Gasteiger charge is -2.31. The summed E-state index contributed by atoms with van der Waals surface area (Å²) in [6, 6.07) is 4.05. The second-order valence-corrected chi connectivity index (χ2v) is 5.25. The normalized spacial score (nSPS) is 26.9.